The van der Waals surface area contributed by atoms with Crippen LogP contribution in [0.2, 0.25) is 0 Å². The van der Waals surface area contributed by atoms with Gasteiger partial charge < -0.3 is 14.6 Å². The number of hydrogen-bond donors (Lipinski definition) is 1. The van der Waals surface area contributed by atoms with Crippen LogP contribution in [0.4, 0.5) is 0 Å². The van der Waals surface area contributed by atoms with Gasteiger partial charge in [-0.25, -0.2) is 0 Å². The van der Waals surface area contributed by atoms with Crippen molar-refractivity contribution >= 4 is 39.9 Å². The zero-order chi connectivity index (χ0) is 15.2. The monoisotopic (exact) mass is 326 g/mol. The molecule has 114 valence electrons. The Labute approximate surface area is 131 Å². The quantitative estimate of drug-likeness (QED) is 0.831. The van der Waals surface area contributed by atoms with E-state index >= 15 is 0 Å². The topological polar surface area (TPSA) is 86.1 Å². The molecule has 1 aromatic heterocycles. The summed E-state index contributed by atoms with van der Waals surface area (Å²) in [6, 6.07) is 3.81. The molecule has 0 radical (unpaired) electrons. The first-order valence-electron chi connectivity index (χ1n) is 6.41. The highest BCUT2D eigenvalue weighted by Gasteiger charge is 2.26. The first kappa shape index (κ1) is 16.0. The Bertz CT molecular complexity index is 543. The average molecular weight is 326 g/mol. The van der Waals surface area contributed by atoms with Gasteiger partial charge in [0.25, 0.3) is 0 Å². The summed E-state index contributed by atoms with van der Waals surface area (Å²) in [5, 5.41) is 17.5. The summed E-state index contributed by atoms with van der Waals surface area (Å²) < 4.78 is 5.03. The zero-order valence-corrected chi connectivity index (χ0v) is 13.4. The fourth-order valence-electron chi connectivity index (χ4n) is 1.86. The molecule has 0 spiro atoms. The number of thioether (sulfide) groups is 1. The number of aliphatic carboxylic acids is 1. The number of methoxy groups -OCH3 is 1. The predicted molar refractivity (Wildman–Crippen MR) is 83.8 cm³/mol. The largest absolute Gasteiger partial charge is 0.550 e. The van der Waals surface area contributed by atoms with Crippen LogP contribution in [0.1, 0.15) is 18.2 Å². The number of nitrogens with one attached hydrogen (secondary N) is 1. The maximum Gasteiger partial charge on any atom is 0.178 e. The van der Waals surface area contributed by atoms with E-state index in [-0.39, 0.29) is 17.7 Å². The molecule has 1 aromatic rings. The van der Waals surface area contributed by atoms with Gasteiger partial charge in [0.05, 0.1) is 28.5 Å². The summed E-state index contributed by atoms with van der Waals surface area (Å²) in [4.78, 5) is 16.3. The van der Waals surface area contributed by atoms with Crippen molar-refractivity contribution in [2.75, 3.05) is 13.7 Å². The van der Waals surface area contributed by atoms with E-state index in [0.717, 1.165) is 10.6 Å². The number of carboxylic acids is 1. The van der Waals surface area contributed by atoms with E-state index < -0.39 is 5.97 Å². The van der Waals surface area contributed by atoms with E-state index in [1.165, 1.54) is 23.1 Å². The number of ether oxygens (including phenoxy) is 1. The van der Waals surface area contributed by atoms with Crippen LogP contribution in [-0.2, 0) is 9.53 Å². The van der Waals surface area contributed by atoms with Crippen molar-refractivity contribution in [2.45, 2.75) is 24.6 Å². The standard InChI is InChI=1S/C13H17N3O3S2/c1-8(7-19-2)14-13-16-15-12(9-4-3-5-20-9)10(21-13)6-11(17)18/h3-5,8,10H,6-7H2,1-2H3,(H,14,16)(H,17,18)/p-1/t8-,10-/m1/s1. The van der Waals surface area contributed by atoms with E-state index in [1.807, 2.05) is 24.4 Å². The molecule has 0 saturated heterocycles. The van der Waals surface area contributed by atoms with Gasteiger partial charge in [-0.3, -0.25) is 10.4 Å². The fraction of sp³-hybridized carbons (Fsp3) is 0.462. The number of thiophene rings is 1. The number of hydrazone groups is 1. The van der Waals surface area contributed by atoms with E-state index in [2.05, 4.69) is 15.5 Å². The van der Waals surface area contributed by atoms with Crippen LogP contribution in [0.3, 0.4) is 0 Å². The highest BCUT2D eigenvalue weighted by Crippen LogP contribution is 2.26. The predicted octanol–water partition coefficient (Wildman–Crippen LogP) is 0.688. The van der Waals surface area contributed by atoms with Gasteiger partial charge in [0.15, 0.2) is 5.17 Å². The SMILES string of the molecule is COC[C@@H](C)N=C1NN=C(c2cccs2)[C@@H](CC(=O)[O-])S1. The maximum atomic E-state index is 11.0. The van der Waals surface area contributed by atoms with Gasteiger partial charge in [-0.05, 0) is 18.4 Å². The molecule has 0 unspecified atom stereocenters. The minimum Gasteiger partial charge on any atom is -0.550 e. The van der Waals surface area contributed by atoms with Crippen molar-refractivity contribution < 1.29 is 14.6 Å². The molecule has 2 atom stereocenters. The third kappa shape index (κ3) is 4.55. The molecule has 0 amide bonds. The number of rotatable bonds is 6. The lowest BCUT2D eigenvalue weighted by atomic mass is 10.1. The summed E-state index contributed by atoms with van der Waals surface area (Å²) in [5.74, 6) is -1.09. The van der Waals surface area contributed by atoms with Crippen LogP contribution in [0.5, 0.6) is 0 Å². The van der Waals surface area contributed by atoms with Crippen molar-refractivity contribution in [2.24, 2.45) is 10.1 Å². The molecule has 1 aliphatic heterocycles. The van der Waals surface area contributed by atoms with Crippen molar-refractivity contribution in [3.8, 4) is 0 Å². The number of hydrogen-bond acceptors (Lipinski definition) is 7. The van der Waals surface area contributed by atoms with Gasteiger partial charge in [0, 0.05) is 19.5 Å². The third-order valence-electron chi connectivity index (χ3n) is 2.70. The Hall–Kier alpha value is -1.38. The Morgan fingerprint density at radius 2 is 2.48 bits per heavy atom. The van der Waals surface area contributed by atoms with Crippen LogP contribution in [-0.4, -0.2) is 41.9 Å². The lowest BCUT2D eigenvalue weighted by Crippen LogP contribution is -2.37. The molecule has 1 N–H and O–H groups in total. The van der Waals surface area contributed by atoms with Gasteiger partial charge in [-0.15, -0.1) is 11.3 Å². The van der Waals surface area contributed by atoms with Crippen LogP contribution in [0.15, 0.2) is 27.6 Å². The van der Waals surface area contributed by atoms with Gasteiger partial charge in [0.1, 0.15) is 0 Å². The van der Waals surface area contributed by atoms with Crippen LogP contribution < -0.4 is 10.5 Å². The molecule has 2 heterocycles. The van der Waals surface area contributed by atoms with Gasteiger partial charge in [-0.2, -0.15) is 5.10 Å². The Balaban J connectivity index is 2.18. The van der Waals surface area contributed by atoms with E-state index in [9.17, 15) is 9.90 Å². The molecule has 2 rings (SSSR count). The highest BCUT2D eigenvalue weighted by atomic mass is 32.2. The molecule has 8 heteroatoms. The minimum absolute atomic E-state index is 0.0212. The molecule has 1 aliphatic rings. The third-order valence-corrected chi connectivity index (χ3v) is 4.69. The molecular formula is C13H16N3O3S2-. The summed E-state index contributed by atoms with van der Waals surface area (Å²) in [5.41, 5.74) is 3.61. The molecule has 6 nitrogen and oxygen atoms in total. The number of carbonyl (C=O) groups is 1. The van der Waals surface area contributed by atoms with Gasteiger partial charge >= 0.3 is 0 Å². The van der Waals surface area contributed by atoms with Crippen LogP contribution in [0, 0.1) is 0 Å². The summed E-state index contributed by atoms with van der Waals surface area (Å²) in [6.45, 7) is 2.42. The Kier molecular flexibility index (Phi) is 5.77. The molecule has 0 aliphatic carbocycles. The minimum atomic E-state index is -1.09. The first-order chi connectivity index (χ1) is 10.1. The van der Waals surface area contributed by atoms with Crippen LogP contribution in [0.25, 0.3) is 0 Å². The second-order valence-corrected chi connectivity index (χ2v) is 6.65. The summed E-state index contributed by atoms with van der Waals surface area (Å²) in [7, 11) is 1.62. The molecule has 0 saturated carbocycles. The van der Waals surface area contributed by atoms with Crippen LogP contribution >= 0.6 is 23.1 Å². The molecule has 0 aromatic carbocycles. The number of amidine groups is 1. The summed E-state index contributed by atoms with van der Waals surface area (Å²) in [6.07, 6.45) is -0.0965. The van der Waals surface area contributed by atoms with E-state index in [0.29, 0.717) is 11.8 Å². The zero-order valence-electron chi connectivity index (χ0n) is 11.7. The molecule has 21 heavy (non-hydrogen) atoms. The van der Waals surface area contributed by atoms with E-state index in [4.69, 9.17) is 4.74 Å². The number of carbonyl (C=O) groups excluding carboxylic acids is 1. The molecule has 0 bridgehead atoms. The molecular weight excluding hydrogens is 310 g/mol. The molecule has 0 fully saturated rings. The summed E-state index contributed by atoms with van der Waals surface area (Å²) >= 11 is 2.88. The normalized spacial score (nSPS) is 21.7. The van der Waals surface area contributed by atoms with Crippen molar-refractivity contribution in [3.05, 3.63) is 22.4 Å². The average Bonchev–Trinajstić information content (AvgIpc) is 2.92. The lowest BCUT2D eigenvalue weighted by Gasteiger charge is -2.24. The van der Waals surface area contributed by atoms with Crippen molar-refractivity contribution in [3.63, 3.8) is 0 Å². The number of carboxylic acid groups (broad SMARTS) is 1. The van der Waals surface area contributed by atoms with Crippen molar-refractivity contribution in [1.82, 2.24) is 5.43 Å². The second-order valence-electron chi connectivity index (χ2n) is 4.51. The fourth-order valence-corrected chi connectivity index (χ4v) is 3.83. The van der Waals surface area contributed by atoms with Gasteiger partial charge in [0.2, 0.25) is 0 Å². The van der Waals surface area contributed by atoms with Gasteiger partial charge in [-0.1, -0.05) is 17.8 Å². The second kappa shape index (κ2) is 7.58. The maximum absolute atomic E-state index is 11.0. The first-order valence-corrected chi connectivity index (χ1v) is 8.16. The lowest BCUT2D eigenvalue weighted by molar-refractivity contribution is -0.305. The van der Waals surface area contributed by atoms with Crippen molar-refractivity contribution in [1.29, 1.82) is 0 Å². The highest BCUT2D eigenvalue weighted by molar-refractivity contribution is 8.15. The smallest absolute Gasteiger partial charge is 0.178 e. The Morgan fingerprint density at radius 1 is 1.67 bits per heavy atom. The number of nitrogens with zero attached hydrogens (tertiary/aromatic N) is 2. The Morgan fingerprint density at radius 3 is 3.10 bits per heavy atom. The number of aliphatic imine (C=N–C) groups is 1. The van der Waals surface area contributed by atoms with E-state index in [1.54, 1.807) is 7.11 Å².